The van der Waals surface area contributed by atoms with Crippen molar-refractivity contribution in [2.75, 3.05) is 6.61 Å². The van der Waals surface area contributed by atoms with Gasteiger partial charge in [0, 0.05) is 23.5 Å². The molecule has 0 atom stereocenters. The molecule has 3 aromatic heterocycles. The molecule has 7 nitrogen and oxygen atoms in total. The molecule has 1 aromatic carbocycles. The van der Waals surface area contributed by atoms with Crippen LogP contribution in [0.2, 0.25) is 0 Å². The molecule has 0 amide bonds. The quantitative estimate of drug-likeness (QED) is 0.368. The van der Waals surface area contributed by atoms with Crippen LogP contribution < -0.4 is 4.74 Å². The van der Waals surface area contributed by atoms with Crippen molar-refractivity contribution in [3.63, 3.8) is 0 Å². The van der Waals surface area contributed by atoms with Gasteiger partial charge in [0.15, 0.2) is 5.82 Å². The first-order valence-corrected chi connectivity index (χ1v) is 11.5. The molecule has 4 aromatic rings. The van der Waals surface area contributed by atoms with E-state index in [1.807, 2.05) is 26.1 Å². The molecule has 176 valence electrons. The third kappa shape index (κ3) is 3.73. The molecular formula is C26H26FN3O4. The lowest BCUT2D eigenvalue weighted by molar-refractivity contribution is 0.0695. The number of aryl methyl sites for hydroxylation is 2. The molecule has 8 heteroatoms. The van der Waals surface area contributed by atoms with Crippen LogP contribution in [0.4, 0.5) is 4.39 Å². The normalized spacial score (nSPS) is 13.9. The van der Waals surface area contributed by atoms with Crippen molar-refractivity contribution in [1.82, 2.24) is 14.7 Å². The fourth-order valence-electron chi connectivity index (χ4n) is 4.74. The molecule has 1 saturated carbocycles. The Labute approximate surface area is 196 Å². The fourth-order valence-corrected chi connectivity index (χ4v) is 4.74. The van der Waals surface area contributed by atoms with E-state index in [1.54, 1.807) is 17.7 Å². The van der Waals surface area contributed by atoms with Crippen LogP contribution in [0.3, 0.4) is 0 Å². The summed E-state index contributed by atoms with van der Waals surface area (Å²) < 4.78 is 28.2. The number of halogens is 1. The molecule has 0 saturated heterocycles. The molecule has 1 fully saturated rings. The maximum atomic E-state index is 15.4. The highest BCUT2D eigenvalue weighted by Gasteiger charge is 2.25. The molecule has 0 bridgehead atoms. The van der Waals surface area contributed by atoms with Gasteiger partial charge in [0.05, 0.1) is 28.9 Å². The van der Waals surface area contributed by atoms with Crippen molar-refractivity contribution in [3.05, 3.63) is 59.0 Å². The highest BCUT2D eigenvalue weighted by molar-refractivity contribution is 5.90. The Morgan fingerprint density at radius 1 is 1.29 bits per heavy atom. The number of aromatic nitrogens is 3. The first-order chi connectivity index (χ1) is 16.4. The predicted molar refractivity (Wildman–Crippen MR) is 125 cm³/mol. The Bertz CT molecular complexity index is 1380. The van der Waals surface area contributed by atoms with E-state index in [1.165, 1.54) is 25.3 Å². The van der Waals surface area contributed by atoms with Gasteiger partial charge >= 0.3 is 5.97 Å². The Morgan fingerprint density at radius 3 is 2.71 bits per heavy atom. The van der Waals surface area contributed by atoms with Crippen LogP contribution >= 0.6 is 0 Å². The van der Waals surface area contributed by atoms with E-state index in [-0.39, 0.29) is 23.6 Å². The number of ether oxygens (including phenoxy) is 1. The van der Waals surface area contributed by atoms with Gasteiger partial charge in [-0.05, 0) is 56.9 Å². The lowest BCUT2D eigenvalue weighted by atomic mass is 9.81. The standard InChI is InChI=1S/C26H26FN3O4/c1-4-33-22-11-17(26(31)32)9-20(27)25(22)30-13-19(8-16-6-5-7-16)24-21(30)10-18(12-28-24)23-14(2)29-34-15(23)3/h9-13,16H,4-8H2,1-3H3,(H,31,32). The third-order valence-electron chi connectivity index (χ3n) is 6.59. The summed E-state index contributed by atoms with van der Waals surface area (Å²) in [5.74, 6) is -0.433. The van der Waals surface area contributed by atoms with Crippen LogP contribution in [-0.2, 0) is 6.42 Å². The van der Waals surface area contributed by atoms with Gasteiger partial charge < -0.3 is 18.9 Å². The number of hydrogen-bond donors (Lipinski definition) is 1. The minimum atomic E-state index is -1.21. The van der Waals surface area contributed by atoms with E-state index in [9.17, 15) is 9.90 Å². The minimum absolute atomic E-state index is 0.162. The number of carbonyl (C=O) groups is 1. The van der Waals surface area contributed by atoms with Gasteiger partial charge in [-0.2, -0.15) is 0 Å². The molecule has 5 rings (SSSR count). The second kappa shape index (κ2) is 8.59. The van der Waals surface area contributed by atoms with Crippen LogP contribution in [0.5, 0.6) is 5.75 Å². The zero-order chi connectivity index (χ0) is 24.0. The third-order valence-corrected chi connectivity index (χ3v) is 6.59. The molecular weight excluding hydrogens is 437 g/mol. The van der Waals surface area contributed by atoms with Gasteiger partial charge in [-0.3, -0.25) is 4.98 Å². The zero-order valence-corrected chi connectivity index (χ0v) is 19.4. The second-order valence-corrected chi connectivity index (χ2v) is 8.86. The van der Waals surface area contributed by atoms with Gasteiger partial charge in [0.1, 0.15) is 17.2 Å². The SMILES string of the molecule is CCOc1cc(C(=O)O)cc(F)c1-n1cc(CC2CCC2)c2ncc(-c3c(C)noc3C)cc21. The summed E-state index contributed by atoms with van der Waals surface area (Å²) >= 11 is 0. The van der Waals surface area contributed by atoms with E-state index in [0.717, 1.165) is 45.9 Å². The Hall–Kier alpha value is -3.68. The summed E-state index contributed by atoms with van der Waals surface area (Å²) in [7, 11) is 0. The molecule has 34 heavy (non-hydrogen) atoms. The number of aromatic carboxylic acids is 1. The maximum Gasteiger partial charge on any atom is 0.335 e. The number of fused-ring (bicyclic) bond motifs is 1. The highest BCUT2D eigenvalue weighted by Crippen LogP contribution is 2.38. The Kier molecular flexibility index (Phi) is 5.59. The zero-order valence-electron chi connectivity index (χ0n) is 19.4. The van der Waals surface area contributed by atoms with Crippen LogP contribution in [0.1, 0.15) is 53.6 Å². The molecule has 0 aliphatic heterocycles. The number of benzene rings is 1. The van der Waals surface area contributed by atoms with Crippen molar-refractivity contribution in [2.45, 2.75) is 46.5 Å². The van der Waals surface area contributed by atoms with Crippen molar-refractivity contribution in [2.24, 2.45) is 5.92 Å². The van der Waals surface area contributed by atoms with Crippen LogP contribution in [-0.4, -0.2) is 32.4 Å². The number of carboxylic acid groups (broad SMARTS) is 1. The van der Waals surface area contributed by atoms with E-state index in [4.69, 9.17) is 14.2 Å². The monoisotopic (exact) mass is 463 g/mol. The molecule has 0 unspecified atom stereocenters. The highest BCUT2D eigenvalue weighted by atomic mass is 19.1. The number of nitrogens with zero attached hydrogens (tertiary/aromatic N) is 3. The number of carboxylic acids is 1. The summed E-state index contributed by atoms with van der Waals surface area (Å²) in [5, 5.41) is 13.5. The molecule has 0 spiro atoms. The lowest BCUT2D eigenvalue weighted by Gasteiger charge is -2.24. The smallest absolute Gasteiger partial charge is 0.335 e. The molecule has 0 radical (unpaired) electrons. The van der Waals surface area contributed by atoms with Gasteiger partial charge in [0.2, 0.25) is 0 Å². The van der Waals surface area contributed by atoms with Gasteiger partial charge in [-0.15, -0.1) is 0 Å². The van der Waals surface area contributed by atoms with Crippen molar-refractivity contribution in [3.8, 4) is 22.6 Å². The maximum absolute atomic E-state index is 15.4. The van der Waals surface area contributed by atoms with E-state index < -0.39 is 11.8 Å². The minimum Gasteiger partial charge on any atom is -0.492 e. The van der Waals surface area contributed by atoms with E-state index in [2.05, 4.69) is 5.16 Å². The van der Waals surface area contributed by atoms with Crippen molar-refractivity contribution < 1.29 is 23.6 Å². The molecule has 3 heterocycles. The summed E-state index contributed by atoms with van der Waals surface area (Å²) in [6.07, 6.45) is 8.16. The second-order valence-electron chi connectivity index (χ2n) is 8.86. The Balaban J connectivity index is 1.75. The summed E-state index contributed by atoms with van der Waals surface area (Å²) in [4.78, 5) is 16.3. The predicted octanol–water partition coefficient (Wildman–Crippen LogP) is 5.88. The van der Waals surface area contributed by atoms with E-state index >= 15 is 4.39 Å². The van der Waals surface area contributed by atoms with Gasteiger partial charge in [-0.1, -0.05) is 24.4 Å². The first-order valence-electron chi connectivity index (χ1n) is 11.5. The summed E-state index contributed by atoms with van der Waals surface area (Å²) in [6.45, 7) is 5.76. The largest absolute Gasteiger partial charge is 0.492 e. The molecule has 1 aliphatic carbocycles. The Morgan fingerprint density at radius 2 is 2.09 bits per heavy atom. The topological polar surface area (TPSA) is 90.4 Å². The van der Waals surface area contributed by atoms with Crippen molar-refractivity contribution >= 4 is 17.0 Å². The number of pyridine rings is 1. The fraction of sp³-hybridized carbons (Fsp3) is 0.346. The van der Waals surface area contributed by atoms with E-state index in [0.29, 0.717) is 11.7 Å². The number of hydrogen-bond acceptors (Lipinski definition) is 5. The van der Waals surface area contributed by atoms with Gasteiger partial charge in [-0.25, -0.2) is 9.18 Å². The first kappa shape index (κ1) is 22.1. The van der Waals surface area contributed by atoms with Crippen LogP contribution in [0.15, 0.2) is 35.1 Å². The number of rotatable bonds is 7. The van der Waals surface area contributed by atoms with Crippen LogP contribution in [0, 0.1) is 25.6 Å². The molecule has 1 N–H and O–H groups in total. The molecule has 1 aliphatic rings. The average molecular weight is 464 g/mol. The average Bonchev–Trinajstić information content (AvgIpc) is 3.29. The summed E-state index contributed by atoms with van der Waals surface area (Å²) in [5.41, 5.74) is 4.99. The van der Waals surface area contributed by atoms with Gasteiger partial charge in [0.25, 0.3) is 0 Å². The van der Waals surface area contributed by atoms with Crippen LogP contribution in [0.25, 0.3) is 27.8 Å². The summed E-state index contributed by atoms with van der Waals surface area (Å²) in [6, 6.07) is 4.36. The lowest BCUT2D eigenvalue weighted by Crippen LogP contribution is -2.13. The van der Waals surface area contributed by atoms with Crippen molar-refractivity contribution in [1.29, 1.82) is 0 Å².